The third kappa shape index (κ3) is 2.79. The summed E-state index contributed by atoms with van der Waals surface area (Å²) in [5.74, 6) is -0.627. The maximum absolute atomic E-state index is 11.3. The van der Waals surface area contributed by atoms with Gasteiger partial charge in [0, 0.05) is 12.6 Å². The number of nitrogens with two attached hydrogens (primary N) is 1. The van der Waals surface area contributed by atoms with Crippen LogP contribution in [0, 0.1) is 16.0 Å². The van der Waals surface area contributed by atoms with Crippen molar-refractivity contribution in [3.05, 3.63) is 21.6 Å². The highest BCUT2D eigenvalue weighted by atomic mass is 35.5. The smallest absolute Gasteiger partial charge is 0.329 e. The fourth-order valence-corrected chi connectivity index (χ4v) is 2.45. The molecule has 2 rings (SSSR count). The van der Waals surface area contributed by atoms with E-state index < -0.39 is 10.8 Å². The number of hydrogen-bond donors (Lipinski definition) is 1. The van der Waals surface area contributed by atoms with Gasteiger partial charge in [0.2, 0.25) is 17.0 Å². The predicted molar refractivity (Wildman–Crippen MR) is 72.4 cm³/mol. The third-order valence-electron chi connectivity index (χ3n) is 3.47. The lowest BCUT2D eigenvalue weighted by molar-refractivity contribution is -0.384. The van der Waals surface area contributed by atoms with Gasteiger partial charge in [0.25, 0.3) is 0 Å². The van der Waals surface area contributed by atoms with Gasteiger partial charge in [-0.3, -0.25) is 14.9 Å². The van der Waals surface area contributed by atoms with Crippen molar-refractivity contribution < 1.29 is 9.72 Å². The minimum absolute atomic E-state index is 0.00951. The highest BCUT2D eigenvalue weighted by Gasteiger charge is 2.33. The van der Waals surface area contributed by atoms with E-state index >= 15 is 0 Å². The van der Waals surface area contributed by atoms with E-state index in [-0.39, 0.29) is 28.7 Å². The number of hydrogen-bond acceptors (Lipinski definition) is 6. The van der Waals surface area contributed by atoms with Crippen LogP contribution in [0.2, 0.25) is 5.28 Å². The van der Waals surface area contributed by atoms with Crippen molar-refractivity contribution in [3.8, 4) is 0 Å². The number of amides is 1. The van der Waals surface area contributed by atoms with E-state index in [1.165, 1.54) is 0 Å². The van der Waals surface area contributed by atoms with E-state index in [0.29, 0.717) is 19.4 Å². The Morgan fingerprint density at radius 3 is 2.90 bits per heavy atom. The number of halogens is 1. The number of aromatic nitrogens is 2. The van der Waals surface area contributed by atoms with E-state index in [1.807, 2.05) is 6.92 Å². The van der Waals surface area contributed by atoms with Crippen molar-refractivity contribution in [3.63, 3.8) is 0 Å². The van der Waals surface area contributed by atoms with Crippen molar-refractivity contribution in [2.75, 3.05) is 11.4 Å². The molecule has 0 aromatic carbocycles. The molecule has 8 nitrogen and oxygen atoms in total. The second kappa shape index (κ2) is 5.58. The van der Waals surface area contributed by atoms with Gasteiger partial charge in [-0.05, 0) is 31.4 Å². The average molecular weight is 300 g/mol. The Kier molecular flexibility index (Phi) is 4.03. The second-order valence-corrected chi connectivity index (χ2v) is 5.12. The van der Waals surface area contributed by atoms with Crippen LogP contribution in [0.5, 0.6) is 0 Å². The van der Waals surface area contributed by atoms with Gasteiger partial charge in [0.05, 0.1) is 10.8 Å². The van der Waals surface area contributed by atoms with E-state index in [2.05, 4.69) is 9.97 Å². The van der Waals surface area contributed by atoms with Gasteiger partial charge < -0.3 is 10.6 Å². The van der Waals surface area contributed by atoms with E-state index in [0.717, 1.165) is 6.20 Å². The number of nitrogens with zero attached hydrogens (tertiary/aromatic N) is 4. The average Bonchev–Trinajstić information content (AvgIpc) is 2.38. The molecule has 0 saturated carbocycles. The summed E-state index contributed by atoms with van der Waals surface area (Å²) in [6.07, 6.45) is 2.44. The van der Waals surface area contributed by atoms with Crippen LogP contribution in [-0.4, -0.2) is 33.4 Å². The van der Waals surface area contributed by atoms with E-state index in [4.69, 9.17) is 17.3 Å². The molecule has 2 atom stereocenters. The molecule has 1 aromatic heterocycles. The molecule has 9 heteroatoms. The second-order valence-electron chi connectivity index (χ2n) is 4.78. The molecule has 2 unspecified atom stereocenters. The summed E-state index contributed by atoms with van der Waals surface area (Å²) in [4.78, 5) is 31.1. The molecule has 1 amide bonds. The lowest BCUT2D eigenvalue weighted by Gasteiger charge is -2.37. The van der Waals surface area contributed by atoms with Gasteiger partial charge in [-0.15, -0.1) is 0 Å². The Balaban J connectivity index is 2.40. The number of primary amides is 1. The lowest BCUT2D eigenvalue weighted by Crippen LogP contribution is -2.46. The fourth-order valence-electron chi connectivity index (χ4n) is 2.32. The topological polar surface area (TPSA) is 115 Å². The highest BCUT2D eigenvalue weighted by molar-refractivity contribution is 6.28. The number of carbonyl (C=O) groups excluding carboxylic acids is 1. The van der Waals surface area contributed by atoms with Crippen LogP contribution in [0.25, 0.3) is 0 Å². The Labute approximate surface area is 120 Å². The van der Waals surface area contributed by atoms with Crippen LogP contribution >= 0.6 is 11.6 Å². The standard InChI is InChI=1S/C11H14ClN5O3/c1-6-2-3-7(9(13)18)5-16(6)10-8(17(19)20)4-14-11(12)15-10/h4,6-7H,2-3,5H2,1H3,(H2,13,18). The summed E-state index contributed by atoms with van der Waals surface area (Å²) >= 11 is 5.72. The normalized spacial score (nSPS) is 22.6. The highest BCUT2D eigenvalue weighted by Crippen LogP contribution is 2.32. The van der Waals surface area contributed by atoms with Crippen molar-refractivity contribution in [2.24, 2.45) is 11.7 Å². The molecule has 1 aliphatic heterocycles. The van der Waals surface area contributed by atoms with Crippen LogP contribution in [0.15, 0.2) is 6.20 Å². The van der Waals surface area contributed by atoms with E-state index in [9.17, 15) is 14.9 Å². The zero-order valence-electron chi connectivity index (χ0n) is 10.8. The first-order chi connectivity index (χ1) is 9.40. The molecule has 1 aliphatic rings. The summed E-state index contributed by atoms with van der Waals surface area (Å²) in [6.45, 7) is 2.21. The van der Waals surface area contributed by atoms with Gasteiger partial charge in [0.15, 0.2) is 0 Å². The van der Waals surface area contributed by atoms with Gasteiger partial charge in [-0.25, -0.2) is 4.98 Å². The van der Waals surface area contributed by atoms with Crippen molar-refractivity contribution >= 4 is 29.0 Å². The predicted octanol–water partition coefficient (Wildman–Crippen LogP) is 1.13. The van der Waals surface area contributed by atoms with Crippen molar-refractivity contribution in [1.29, 1.82) is 0 Å². The van der Waals surface area contributed by atoms with Gasteiger partial charge in [-0.2, -0.15) is 4.98 Å². The molecule has 0 aliphatic carbocycles. The molecule has 20 heavy (non-hydrogen) atoms. The van der Waals surface area contributed by atoms with Gasteiger partial charge in [-0.1, -0.05) is 0 Å². The van der Waals surface area contributed by atoms with Crippen LogP contribution in [-0.2, 0) is 4.79 Å². The maximum atomic E-state index is 11.3. The van der Waals surface area contributed by atoms with Crippen molar-refractivity contribution in [2.45, 2.75) is 25.8 Å². The molecule has 0 radical (unpaired) electrons. The fraction of sp³-hybridized carbons (Fsp3) is 0.545. The molecular weight excluding hydrogens is 286 g/mol. The molecule has 1 fully saturated rings. The number of piperidine rings is 1. The molecule has 0 bridgehead atoms. The summed E-state index contributed by atoms with van der Waals surface area (Å²) in [7, 11) is 0. The number of carbonyl (C=O) groups is 1. The Morgan fingerprint density at radius 2 is 2.30 bits per heavy atom. The van der Waals surface area contributed by atoms with Crippen molar-refractivity contribution in [1.82, 2.24) is 9.97 Å². The molecule has 108 valence electrons. The quantitative estimate of drug-likeness (QED) is 0.508. The molecule has 0 spiro atoms. The minimum atomic E-state index is -0.563. The summed E-state index contributed by atoms with van der Waals surface area (Å²) in [5, 5.41) is 11.0. The lowest BCUT2D eigenvalue weighted by atomic mass is 9.93. The first-order valence-electron chi connectivity index (χ1n) is 6.13. The van der Waals surface area contributed by atoms with E-state index in [1.54, 1.807) is 4.90 Å². The number of nitro groups is 1. The third-order valence-corrected chi connectivity index (χ3v) is 3.66. The summed E-state index contributed by atoms with van der Waals surface area (Å²) in [5.41, 5.74) is 5.09. The van der Waals surface area contributed by atoms with Crippen LogP contribution < -0.4 is 10.6 Å². The minimum Gasteiger partial charge on any atom is -0.369 e. The van der Waals surface area contributed by atoms with Crippen LogP contribution in [0.4, 0.5) is 11.5 Å². The monoisotopic (exact) mass is 299 g/mol. The number of anilines is 1. The molecule has 2 heterocycles. The SMILES string of the molecule is CC1CCC(C(N)=O)CN1c1nc(Cl)ncc1[N+](=O)[O-]. The van der Waals surface area contributed by atoms with Crippen LogP contribution in [0.3, 0.4) is 0 Å². The van der Waals surface area contributed by atoms with Gasteiger partial charge in [0.1, 0.15) is 6.20 Å². The zero-order chi connectivity index (χ0) is 14.9. The first kappa shape index (κ1) is 14.4. The molecule has 1 aromatic rings. The van der Waals surface area contributed by atoms with Gasteiger partial charge >= 0.3 is 5.69 Å². The Morgan fingerprint density at radius 1 is 1.60 bits per heavy atom. The molecule has 1 saturated heterocycles. The van der Waals surface area contributed by atoms with Crippen LogP contribution in [0.1, 0.15) is 19.8 Å². The maximum Gasteiger partial charge on any atom is 0.329 e. The first-order valence-corrected chi connectivity index (χ1v) is 6.50. The molecular formula is C11H14ClN5O3. The largest absolute Gasteiger partial charge is 0.369 e. The Hall–Kier alpha value is -1.96. The summed E-state index contributed by atoms with van der Waals surface area (Å²) in [6, 6.07) is 0.00951. The molecule has 2 N–H and O–H groups in total. The summed E-state index contributed by atoms with van der Waals surface area (Å²) < 4.78 is 0. The Bertz CT molecular complexity index is 553. The number of rotatable bonds is 3. The zero-order valence-corrected chi connectivity index (χ0v) is 11.6.